The summed E-state index contributed by atoms with van der Waals surface area (Å²) in [5.74, 6) is -0.322. The number of hydrogen-bond acceptors (Lipinski definition) is 4. The van der Waals surface area contributed by atoms with Gasteiger partial charge in [0.15, 0.2) is 0 Å². The van der Waals surface area contributed by atoms with E-state index in [9.17, 15) is 14.3 Å². The van der Waals surface area contributed by atoms with Crippen LogP contribution in [0.15, 0.2) is 24.3 Å². The van der Waals surface area contributed by atoms with Crippen LogP contribution < -0.4 is 5.32 Å². The molecule has 7 heteroatoms. The van der Waals surface area contributed by atoms with Crippen molar-refractivity contribution in [2.75, 3.05) is 53.4 Å². The molecule has 2 rings (SSSR count). The van der Waals surface area contributed by atoms with E-state index in [0.29, 0.717) is 12.1 Å². The molecular weight excluding hydrogens is 311 g/mol. The predicted octanol–water partition coefficient (Wildman–Crippen LogP) is 0.575. The van der Waals surface area contributed by atoms with E-state index in [0.717, 1.165) is 26.2 Å². The Morgan fingerprint density at radius 3 is 2.75 bits per heavy atom. The van der Waals surface area contributed by atoms with E-state index in [-0.39, 0.29) is 24.9 Å². The number of benzene rings is 1. The first-order chi connectivity index (χ1) is 11.4. The zero-order valence-electron chi connectivity index (χ0n) is 14.4. The highest BCUT2D eigenvalue weighted by Gasteiger charge is 2.19. The molecule has 0 spiro atoms. The molecule has 1 aromatic rings. The van der Waals surface area contributed by atoms with Gasteiger partial charge in [-0.15, -0.1) is 0 Å². The molecule has 0 aromatic heterocycles. The summed E-state index contributed by atoms with van der Waals surface area (Å²) in [5.41, 5.74) is 0.703. The number of amides is 2. The average Bonchev–Trinajstić information content (AvgIpc) is 2.54. The molecule has 1 aliphatic heterocycles. The van der Waals surface area contributed by atoms with Gasteiger partial charge in [-0.2, -0.15) is 0 Å². The van der Waals surface area contributed by atoms with E-state index >= 15 is 0 Å². The summed E-state index contributed by atoms with van der Waals surface area (Å²) in [7, 11) is 3.73. The minimum absolute atomic E-state index is 0.259. The summed E-state index contributed by atoms with van der Waals surface area (Å²) >= 11 is 0. The number of aliphatic hydroxyl groups is 1. The molecule has 1 saturated heterocycles. The maximum atomic E-state index is 13.1. The van der Waals surface area contributed by atoms with Crippen LogP contribution in [0.3, 0.4) is 0 Å². The van der Waals surface area contributed by atoms with Gasteiger partial charge < -0.3 is 20.2 Å². The van der Waals surface area contributed by atoms with Crippen LogP contribution in [0.25, 0.3) is 0 Å². The van der Waals surface area contributed by atoms with Gasteiger partial charge in [0.2, 0.25) is 0 Å². The van der Waals surface area contributed by atoms with Gasteiger partial charge in [0.25, 0.3) is 0 Å². The Balaban J connectivity index is 1.70. The number of hydrogen-bond donors (Lipinski definition) is 2. The number of urea groups is 1. The van der Waals surface area contributed by atoms with Gasteiger partial charge in [0.05, 0.1) is 6.10 Å². The average molecular weight is 338 g/mol. The summed E-state index contributed by atoms with van der Waals surface area (Å²) in [5, 5.41) is 12.9. The quantitative estimate of drug-likeness (QED) is 0.796. The van der Waals surface area contributed by atoms with Crippen molar-refractivity contribution in [2.45, 2.75) is 12.6 Å². The van der Waals surface area contributed by atoms with Crippen molar-refractivity contribution in [1.29, 1.82) is 0 Å². The van der Waals surface area contributed by atoms with Crippen LogP contribution >= 0.6 is 0 Å². The molecule has 24 heavy (non-hydrogen) atoms. The van der Waals surface area contributed by atoms with Gasteiger partial charge in [-0.25, -0.2) is 9.18 Å². The molecular formula is C17H27FN4O2. The number of rotatable bonds is 6. The molecule has 0 saturated carbocycles. The Bertz CT molecular complexity index is 535. The lowest BCUT2D eigenvalue weighted by Gasteiger charge is -2.34. The van der Waals surface area contributed by atoms with Crippen LogP contribution in [0.1, 0.15) is 5.56 Å². The Labute approximate surface area is 142 Å². The second kappa shape index (κ2) is 8.96. The molecule has 134 valence electrons. The lowest BCUT2D eigenvalue weighted by molar-refractivity contribution is 0.0658. The van der Waals surface area contributed by atoms with Crippen molar-refractivity contribution in [3.05, 3.63) is 35.6 Å². The number of β-amino-alcohol motifs (C(OH)–C–C–N with tert-alkyl or cyclic N) is 1. The number of aliphatic hydroxyl groups excluding tert-OH is 1. The molecule has 0 bridgehead atoms. The fourth-order valence-electron chi connectivity index (χ4n) is 2.74. The number of nitrogens with one attached hydrogen (secondary N) is 1. The smallest absolute Gasteiger partial charge is 0.317 e. The van der Waals surface area contributed by atoms with Crippen molar-refractivity contribution in [3.8, 4) is 0 Å². The van der Waals surface area contributed by atoms with Gasteiger partial charge >= 0.3 is 6.03 Å². The van der Waals surface area contributed by atoms with Crippen molar-refractivity contribution in [1.82, 2.24) is 20.0 Å². The monoisotopic (exact) mass is 338 g/mol. The summed E-state index contributed by atoms with van der Waals surface area (Å²) < 4.78 is 13.1. The second-order valence-corrected chi connectivity index (χ2v) is 6.43. The molecule has 0 unspecified atom stereocenters. The SMILES string of the molecule is CN1CCN(C[C@@H](O)CN(C)C(=O)NCc2cccc(F)c2)CC1. The first-order valence-corrected chi connectivity index (χ1v) is 8.26. The maximum absolute atomic E-state index is 13.1. The normalized spacial score (nSPS) is 17.5. The minimum atomic E-state index is -0.585. The largest absolute Gasteiger partial charge is 0.390 e. The summed E-state index contributed by atoms with van der Waals surface area (Å²) in [4.78, 5) is 18.0. The molecule has 1 aliphatic rings. The Morgan fingerprint density at radius 2 is 2.08 bits per heavy atom. The first kappa shape index (κ1) is 18.6. The third-order valence-electron chi connectivity index (χ3n) is 4.23. The van der Waals surface area contributed by atoms with Crippen LogP contribution in [0.2, 0.25) is 0 Å². The van der Waals surface area contributed by atoms with Crippen molar-refractivity contribution >= 4 is 6.03 Å². The van der Waals surface area contributed by atoms with Crippen LogP contribution in [0, 0.1) is 5.82 Å². The van der Waals surface area contributed by atoms with Crippen LogP contribution in [-0.2, 0) is 6.54 Å². The van der Waals surface area contributed by atoms with Crippen molar-refractivity contribution < 1.29 is 14.3 Å². The van der Waals surface area contributed by atoms with Crippen LogP contribution in [-0.4, -0.2) is 85.3 Å². The van der Waals surface area contributed by atoms with Gasteiger partial charge in [0.1, 0.15) is 5.82 Å². The second-order valence-electron chi connectivity index (χ2n) is 6.43. The third kappa shape index (κ3) is 6.07. The fraction of sp³-hybridized carbons (Fsp3) is 0.588. The molecule has 0 radical (unpaired) electrons. The molecule has 0 aliphatic carbocycles. The van der Waals surface area contributed by atoms with Gasteiger partial charge in [-0.05, 0) is 24.7 Å². The predicted molar refractivity (Wildman–Crippen MR) is 91.2 cm³/mol. The fourth-order valence-corrected chi connectivity index (χ4v) is 2.74. The number of likely N-dealkylation sites (N-methyl/N-ethyl adjacent to an activating group) is 2. The van der Waals surface area contributed by atoms with E-state index in [4.69, 9.17) is 0 Å². The highest BCUT2D eigenvalue weighted by molar-refractivity contribution is 5.73. The molecule has 1 heterocycles. The molecule has 1 aromatic carbocycles. The Morgan fingerprint density at radius 1 is 1.38 bits per heavy atom. The van der Waals surface area contributed by atoms with E-state index in [1.54, 1.807) is 19.2 Å². The zero-order chi connectivity index (χ0) is 17.5. The van der Waals surface area contributed by atoms with E-state index in [1.165, 1.54) is 17.0 Å². The summed E-state index contributed by atoms with van der Waals surface area (Å²) in [6, 6.07) is 5.84. The van der Waals surface area contributed by atoms with Gasteiger partial charge in [-0.3, -0.25) is 4.90 Å². The number of halogens is 1. The van der Waals surface area contributed by atoms with E-state index in [1.807, 2.05) is 0 Å². The highest BCUT2D eigenvalue weighted by atomic mass is 19.1. The lowest BCUT2D eigenvalue weighted by atomic mass is 10.2. The van der Waals surface area contributed by atoms with Gasteiger partial charge in [0, 0.05) is 52.9 Å². The number of piperazine rings is 1. The number of carbonyl (C=O) groups excluding carboxylic acids is 1. The topological polar surface area (TPSA) is 59.1 Å². The molecule has 2 amide bonds. The van der Waals surface area contributed by atoms with E-state index < -0.39 is 6.10 Å². The first-order valence-electron chi connectivity index (χ1n) is 8.26. The van der Waals surface area contributed by atoms with Crippen molar-refractivity contribution in [2.24, 2.45) is 0 Å². The van der Waals surface area contributed by atoms with E-state index in [2.05, 4.69) is 22.2 Å². The molecule has 6 nitrogen and oxygen atoms in total. The number of nitrogens with zero attached hydrogens (tertiary/aromatic N) is 3. The molecule has 2 N–H and O–H groups in total. The maximum Gasteiger partial charge on any atom is 0.317 e. The molecule has 1 fully saturated rings. The highest BCUT2D eigenvalue weighted by Crippen LogP contribution is 2.04. The standard InChI is InChI=1S/C17H27FN4O2/c1-20-6-8-22(9-7-20)13-16(23)12-21(2)17(24)19-11-14-4-3-5-15(18)10-14/h3-5,10,16,23H,6-9,11-13H2,1-2H3,(H,19,24)/t16-/m0/s1. The molecule has 1 atom stereocenters. The summed E-state index contributed by atoms with van der Waals surface area (Å²) in [6.07, 6.45) is -0.585. The lowest BCUT2D eigenvalue weighted by Crippen LogP contribution is -2.49. The third-order valence-corrected chi connectivity index (χ3v) is 4.23. The van der Waals surface area contributed by atoms with Crippen LogP contribution in [0.4, 0.5) is 9.18 Å². The summed E-state index contributed by atoms with van der Waals surface area (Å²) in [6.45, 7) is 4.95. The zero-order valence-corrected chi connectivity index (χ0v) is 14.4. The minimum Gasteiger partial charge on any atom is -0.390 e. The van der Waals surface area contributed by atoms with Crippen LogP contribution in [0.5, 0.6) is 0 Å². The Kier molecular flexibility index (Phi) is 6.96. The van der Waals surface area contributed by atoms with Gasteiger partial charge in [-0.1, -0.05) is 12.1 Å². The Hall–Kier alpha value is -1.70. The van der Waals surface area contributed by atoms with Crippen molar-refractivity contribution in [3.63, 3.8) is 0 Å². The number of carbonyl (C=O) groups is 1.